The Hall–Kier alpha value is -1.63. The second kappa shape index (κ2) is 4.56. The van der Waals surface area contributed by atoms with Gasteiger partial charge in [-0.05, 0) is 6.92 Å². The summed E-state index contributed by atoms with van der Waals surface area (Å²) in [6, 6.07) is 0. The standard InChI is InChI=1S/C7H12N4O3/c1-2-14-7-6(11(12)13)5-10(9-7)4-3-8/h5H,2-4,8H2,1H3. The molecule has 0 atom stereocenters. The first-order chi connectivity index (χ1) is 6.69. The van der Waals surface area contributed by atoms with Gasteiger partial charge >= 0.3 is 11.6 Å². The molecule has 2 N–H and O–H groups in total. The molecule has 0 spiro atoms. The highest BCUT2D eigenvalue weighted by Crippen LogP contribution is 2.24. The van der Waals surface area contributed by atoms with Crippen molar-refractivity contribution in [3.63, 3.8) is 0 Å². The van der Waals surface area contributed by atoms with Gasteiger partial charge in [0.2, 0.25) is 0 Å². The Morgan fingerprint density at radius 1 is 1.79 bits per heavy atom. The van der Waals surface area contributed by atoms with Gasteiger partial charge in [-0.15, -0.1) is 5.10 Å². The average molecular weight is 200 g/mol. The summed E-state index contributed by atoms with van der Waals surface area (Å²) in [6.45, 7) is 2.91. The van der Waals surface area contributed by atoms with Gasteiger partial charge < -0.3 is 10.5 Å². The summed E-state index contributed by atoms with van der Waals surface area (Å²) in [5.41, 5.74) is 5.17. The molecule has 0 saturated heterocycles. The first-order valence-corrected chi connectivity index (χ1v) is 4.23. The molecule has 1 aromatic rings. The highest BCUT2D eigenvalue weighted by Gasteiger charge is 2.20. The molecule has 7 heteroatoms. The molecular formula is C7H12N4O3. The summed E-state index contributed by atoms with van der Waals surface area (Å²) in [5.74, 6) is 0.0472. The monoisotopic (exact) mass is 200 g/mol. The Bertz CT molecular complexity index is 323. The Labute approximate surface area is 80.6 Å². The summed E-state index contributed by atoms with van der Waals surface area (Å²) in [4.78, 5) is 10.0. The lowest BCUT2D eigenvalue weighted by molar-refractivity contribution is -0.385. The van der Waals surface area contributed by atoms with Crippen molar-refractivity contribution in [3.8, 4) is 5.88 Å². The summed E-state index contributed by atoms with van der Waals surface area (Å²) < 4.78 is 6.42. The predicted molar refractivity (Wildman–Crippen MR) is 49.1 cm³/mol. The van der Waals surface area contributed by atoms with Crippen LogP contribution in [0.4, 0.5) is 5.69 Å². The van der Waals surface area contributed by atoms with E-state index in [2.05, 4.69) is 5.10 Å². The van der Waals surface area contributed by atoms with E-state index in [1.807, 2.05) is 0 Å². The molecule has 0 unspecified atom stereocenters. The van der Waals surface area contributed by atoms with Crippen LogP contribution in [0.3, 0.4) is 0 Å². The third-order valence-electron chi connectivity index (χ3n) is 1.55. The number of nitrogens with two attached hydrogens (primary N) is 1. The largest absolute Gasteiger partial charge is 0.472 e. The van der Waals surface area contributed by atoms with Crippen LogP contribution >= 0.6 is 0 Å². The van der Waals surface area contributed by atoms with E-state index < -0.39 is 4.92 Å². The zero-order valence-electron chi connectivity index (χ0n) is 7.84. The zero-order valence-corrected chi connectivity index (χ0v) is 7.84. The lowest BCUT2D eigenvalue weighted by Crippen LogP contribution is -2.10. The van der Waals surface area contributed by atoms with Crippen LogP contribution in [0.25, 0.3) is 0 Å². The van der Waals surface area contributed by atoms with Crippen molar-refractivity contribution in [2.24, 2.45) is 5.73 Å². The van der Waals surface area contributed by atoms with Crippen molar-refractivity contribution in [1.82, 2.24) is 9.78 Å². The van der Waals surface area contributed by atoms with Crippen LogP contribution in [-0.2, 0) is 6.54 Å². The van der Waals surface area contributed by atoms with Gasteiger partial charge in [0.05, 0.1) is 18.1 Å². The van der Waals surface area contributed by atoms with E-state index in [-0.39, 0.29) is 11.6 Å². The molecule has 1 heterocycles. The van der Waals surface area contributed by atoms with Gasteiger partial charge in [-0.2, -0.15) is 0 Å². The number of nitro groups is 1. The van der Waals surface area contributed by atoms with Gasteiger partial charge in [-0.25, -0.2) is 0 Å². The molecule has 0 saturated carbocycles. The van der Waals surface area contributed by atoms with Gasteiger partial charge in [-0.3, -0.25) is 14.8 Å². The van der Waals surface area contributed by atoms with E-state index in [1.54, 1.807) is 6.92 Å². The van der Waals surface area contributed by atoms with Crippen molar-refractivity contribution in [2.45, 2.75) is 13.5 Å². The van der Waals surface area contributed by atoms with E-state index in [4.69, 9.17) is 10.5 Å². The fourth-order valence-corrected chi connectivity index (χ4v) is 1.00. The molecule has 0 fully saturated rings. The number of hydrogen-bond acceptors (Lipinski definition) is 5. The zero-order chi connectivity index (χ0) is 10.6. The lowest BCUT2D eigenvalue weighted by Gasteiger charge is -1.96. The molecule has 78 valence electrons. The smallest absolute Gasteiger partial charge is 0.350 e. The first-order valence-electron chi connectivity index (χ1n) is 4.23. The maximum atomic E-state index is 10.6. The Morgan fingerprint density at radius 3 is 3.00 bits per heavy atom. The van der Waals surface area contributed by atoms with E-state index in [0.717, 1.165) is 0 Å². The SMILES string of the molecule is CCOc1nn(CCN)cc1[N+](=O)[O-]. The number of rotatable bonds is 5. The van der Waals surface area contributed by atoms with Crippen molar-refractivity contribution >= 4 is 5.69 Å². The summed E-state index contributed by atoms with van der Waals surface area (Å²) in [5, 5.41) is 14.4. The minimum atomic E-state index is -0.523. The molecule has 1 aromatic heterocycles. The highest BCUT2D eigenvalue weighted by atomic mass is 16.6. The van der Waals surface area contributed by atoms with Crippen molar-refractivity contribution in [2.75, 3.05) is 13.2 Å². The normalized spacial score (nSPS) is 10.1. The predicted octanol–water partition coefficient (Wildman–Crippen LogP) is 0.149. The van der Waals surface area contributed by atoms with Gasteiger partial charge in [0.1, 0.15) is 6.20 Å². The van der Waals surface area contributed by atoms with Crippen LogP contribution in [0.15, 0.2) is 6.20 Å². The average Bonchev–Trinajstić information content (AvgIpc) is 2.49. The van der Waals surface area contributed by atoms with E-state index in [9.17, 15) is 10.1 Å². The molecule has 0 aliphatic carbocycles. The molecule has 14 heavy (non-hydrogen) atoms. The van der Waals surface area contributed by atoms with Crippen molar-refractivity contribution in [1.29, 1.82) is 0 Å². The number of hydrogen-bond donors (Lipinski definition) is 1. The third kappa shape index (κ3) is 2.19. The minimum absolute atomic E-state index is 0.0472. The Balaban J connectivity index is 2.93. The highest BCUT2D eigenvalue weighted by molar-refractivity contribution is 5.38. The number of ether oxygens (including phenoxy) is 1. The lowest BCUT2D eigenvalue weighted by atomic mass is 10.5. The summed E-state index contributed by atoms with van der Waals surface area (Å²) in [7, 11) is 0. The van der Waals surface area contributed by atoms with Crippen LogP contribution in [0.2, 0.25) is 0 Å². The molecule has 0 aliphatic heterocycles. The van der Waals surface area contributed by atoms with Gasteiger partial charge in [0.15, 0.2) is 0 Å². The molecule has 0 amide bonds. The topological polar surface area (TPSA) is 96.2 Å². The maximum Gasteiger partial charge on any atom is 0.350 e. The van der Waals surface area contributed by atoms with Crippen LogP contribution < -0.4 is 10.5 Å². The van der Waals surface area contributed by atoms with Gasteiger partial charge in [-0.1, -0.05) is 0 Å². The number of nitrogens with zero attached hydrogens (tertiary/aromatic N) is 3. The number of aromatic nitrogens is 2. The van der Waals surface area contributed by atoms with Gasteiger partial charge in [0, 0.05) is 6.54 Å². The van der Waals surface area contributed by atoms with E-state index in [0.29, 0.717) is 19.7 Å². The van der Waals surface area contributed by atoms with Crippen LogP contribution in [0.1, 0.15) is 6.92 Å². The van der Waals surface area contributed by atoms with Gasteiger partial charge in [0.25, 0.3) is 0 Å². The molecule has 7 nitrogen and oxygen atoms in total. The van der Waals surface area contributed by atoms with Crippen LogP contribution in [0.5, 0.6) is 5.88 Å². The fourth-order valence-electron chi connectivity index (χ4n) is 1.00. The van der Waals surface area contributed by atoms with E-state index >= 15 is 0 Å². The summed E-state index contributed by atoms with van der Waals surface area (Å²) >= 11 is 0. The molecule has 0 aliphatic rings. The quantitative estimate of drug-likeness (QED) is 0.539. The Morgan fingerprint density at radius 2 is 2.50 bits per heavy atom. The van der Waals surface area contributed by atoms with Crippen molar-refractivity contribution < 1.29 is 9.66 Å². The van der Waals surface area contributed by atoms with E-state index in [1.165, 1.54) is 10.9 Å². The summed E-state index contributed by atoms with van der Waals surface area (Å²) in [6.07, 6.45) is 1.32. The molecular weight excluding hydrogens is 188 g/mol. The maximum absolute atomic E-state index is 10.6. The van der Waals surface area contributed by atoms with Crippen LogP contribution in [0, 0.1) is 10.1 Å². The molecule has 0 radical (unpaired) electrons. The Kier molecular flexibility index (Phi) is 3.41. The minimum Gasteiger partial charge on any atom is -0.472 e. The molecule has 0 bridgehead atoms. The fraction of sp³-hybridized carbons (Fsp3) is 0.571. The molecule has 1 rings (SSSR count). The molecule has 0 aromatic carbocycles. The second-order valence-electron chi connectivity index (χ2n) is 2.56. The second-order valence-corrected chi connectivity index (χ2v) is 2.56. The first kappa shape index (κ1) is 10.5. The third-order valence-corrected chi connectivity index (χ3v) is 1.55. The van der Waals surface area contributed by atoms with Crippen LogP contribution in [-0.4, -0.2) is 27.9 Å². The van der Waals surface area contributed by atoms with Crippen molar-refractivity contribution in [3.05, 3.63) is 16.3 Å².